The summed E-state index contributed by atoms with van der Waals surface area (Å²) in [6.45, 7) is 6.15. The zero-order valence-electron chi connectivity index (χ0n) is 15.5. The zero-order valence-corrected chi connectivity index (χ0v) is 16.3. The minimum atomic E-state index is -0.158. The van der Waals surface area contributed by atoms with Crippen molar-refractivity contribution < 1.29 is 19.2 Å². The van der Waals surface area contributed by atoms with Crippen molar-refractivity contribution in [2.75, 3.05) is 39.5 Å². The molecule has 144 valence electrons. The second kappa shape index (κ2) is 9.74. The lowest BCUT2D eigenvalue weighted by Gasteiger charge is -2.28. The van der Waals surface area contributed by atoms with Gasteiger partial charge in [-0.15, -0.1) is 0 Å². The van der Waals surface area contributed by atoms with E-state index >= 15 is 0 Å². The number of aryl methyl sites for hydroxylation is 1. The number of rotatable bonds is 7. The third kappa shape index (κ3) is 5.96. The van der Waals surface area contributed by atoms with Crippen LogP contribution in [0.4, 0.5) is 0 Å². The molecule has 0 spiro atoms. The lowest BCUT2D eigenvalue weighted by atomic mass is 10.1. The molecule has 0 aliphatic carbocycles. The second-order valence-electron chi connectivity index (χ2n) is 6.82. The molecule has 1 aliphatic rings. The minimum absolute atomic E-state index is 0.0645. The minimum Gasteiger partial charge on any atom is -0.482 e. The highest BCUT2D eigenvalue weighted by atomic mass is 35.5. The standard InChI is InChI=1S/C21H25ClN2O3/c1-16-7-8-18(22)20(13-16)27-15-21(25)23-19(17-5-3-2-4-6-17)14-24-9-11-26-12-10-24/h2-8,13,19H,9-12,14-15H2,1H3,(H,23,25)/p+1/t19-/m0/s1. The summed E-state index contributed by atoms with van der Waals surface area (Å²) in [7, 11) is 0. The van der Waals surface area contributed by atoms with Gasteiger partial charge in [0, 0.05) is 0 Å². The van der Waals surface area contributed by atoms with E-state index in [4.69, 9.17) is 21.1 Å². The summed E-state index contributed by atoms with van der Waals surface area (Å²) in [5.74, 6) is 0.371. The van der Waals surface area contributed by atoms with Crippen LogP contribution in [0.25, 0.3) is 0 Å². The maximum Gasteiger partial charge on any atom is 0.258 e. The van der Waals surface area contributed by atoms with E-state index in [1.807, 2.05) is 49.4 Å². The Hall–Kier alpha value is -2.08. The average molecular weight is 390 g/mol. The highest BCUT2D eigenvalue weighted by molar-refractivity contribution is 6.32. The molecule has 1 amide bonds. The molecule has 2 aromatic rings. The van der Waals surface area contributed by atoms with Crippen LogP contribution in [0, 0.1) is 6.92 Å². The van der Waals surface area contributed by atoms with Crippen molar-refractivity contribution in [1.82, 2.24) is 5.32 Å². The number of benzene rings is 2. The maximum atomic E-state index is 12.5. The fraction of sp³-hybridized carbons (Fsp3) is 0.381. The number of carbonyl (C=O) groups excluding carboxylic acids is 1. The van der Waals surface area contributed by atoms with Gasteiger partial charge in [0.05, 0.1) is 18.2 Å². The zero-order chi connectivity index (χ0) is 19.1. The Morgan fingerprint density at radius 1 is 1.22 bits per heavy atom. The first-order valence-corrected chi connectivity index (χ1v) is 9.64. The Morgan fingerprint density at radius 2 is 1.96 bits per heavy atom. The van der Waals surface area contributed by atoms with Crippen LogP contribution in [0.2, 0.25) is 5.02 Å². The molecule has 0 bridgehead atoms. The first kappa shape index (κ1) is 19.7. The smallest absolute Gasteiger partial charge is 0.258 e. The Kier molecular flexibility index (Phi) is 7.10. The quantitative estimate of drug-likeness (QED) is 0.759. The van der Waals surface area contributed by atoms with Gasteiger partial charge in [-0.3, -0.25) is 4.79 Å². The van der Waals surface area contributed by atoms with Crippen LogP contribution in [0.15, 0.2) is 48.5 Å². The van der Waals surface area contributed by atoms with Gasteiger partial charge in [0.15, 0.2) is 6.61 Å². The van der Waals surface area contributed by atoms with Crippen molar-refractivity contribution >= 4 is 17.5 Å². The fourth-order valence-corrected chi connectivity index (χ4v) is 3.36. The van der Waals surface area contributed by atoms with Gasteiger partial charge in [-0.2, -0.15) is 0 Å². The number of hydrogen-bond donors (Lipinski definition) is 2. The molecule has 6 heteroatoms. The lowest BCUT2D eigenvalue weighted by molar-refractivity contribution is -0.909. The average Bonchev–Trinajstić information content (AvgIpc) is 2.69. The number of hydrogen-bond acceptors (Lipinski definition) is 3. The summed E-state index contributed by atoms with van der Waals surface area (Å²) in [6, 6.07) is 15.5. The topological polar surface area (TPSA) is 52.0 Å². The van der Waals surface area contributed by atoms with E-state index in [1.54, 1.807) is 6.07 Å². The summed E-state index contributed by atoms with van der Waals surface area (Å²) in [4.78, 5) is 14.0. The molecular formula is C21H26ClN2O3+. The highest BCUT2D eigenvalue weighted by Crippen LogP contribution is 2.25. The van der Waals surface area contributed by atoms with Crippen LogP contribution >= 0.6 is 11.6 Å². The van der Waals surface area contributed by atoms with Crippen LogP contribution < -0.4 is 15.0 Å². The maximum absolute atomic E-state index is 12.5. The molecule has 1 atom stereocenters. The molecule has 1 fully saturated rings. The molecular weight excluding hydrogens is 364 g/mol. The van der Waals surface area contributed by atoms with E-state index < -0.39 is 0 Å². The molecule has 27 heavy (non-hydrogen) atoms. The van der Waals surface area contributed by atoms with E-state index in [1.165, 1.54) is 4.90 Å². The van der Waals surface area contributed by atoms with Gasteiger partial charge in [-0.25, -0.2) is 0 Å². The van der Waals surface area contributed by atoms with E-state index in [2.05, 4.69) is 5.32 Å². The van der Waals surface area contributed by atoms with E-state index in [-0.39, 0.29) is 18.6 Å². The van der Waals surface area contributed by atoms with Crippen LogP contribution in [0.3, 0.4) is 0 Å². The number of morpholine rings is 1. The van der Waals surface area contributed by atoms with Crippen molar-refractivity contribution in [1.29, 1.82) is 0 Å². The van der Waals surface area contributed by atoms with E-state index in [0.717, 1.165) is 44.0 Å². The summed E-state index contributed by atoms with van der Waals surface area (Å²) in [6.07, 6.45) is 0. The molecule has 1 aliphatic heterocycles. The Morgan fingerprint density at radius 3 is 2.70 bits per heavy atom. The number of ether oxygens (including phenoxy) is 2. The Balaban J connectivity index is 1.62. The molecule has 0 radical (unpaired) electrons. The number of carbonyl (C=O) groups is 1. The molecule has 0 unspecified atom stereocenters. The summed E-state index contributed by atoms with van der Waals surface area (Å²) in [5, 5.41) is 3.62. The summed E-state index contributed by atoms with van der Waals surface area (Å²) < 4.78 is 11.1. The summed E-state index contributed by atoms with van der Waals surface area (Å²) >= 11 is 6.14. The Labute approximate surface area is 165 Å². The van der Waals surface area contributed by atoms with Crippen LogP contribution in [-0.4, -0.2) is 45.4 Å². The van der Waals surface area contributed by atoms with Crippen LogP contribution in [0.5, 0.6) is 5.75 Å². The molecule has 1 heterocycles. The molecule has 2 aromatic carbocycles. The van der Waals surface area contributed by atoms with Gasteiger partial charge in [0.1, 0.15) is 31.4 Å². The lowest BCUT2D eigenvalue weighted by Crippen LogP contribution is -3.14. The second-order valence-corrected chi connectivity index (χ2v) is 7.23. The molecule has 0 saturated carbocycles. The number of quaternary nitrogens is 1. The van der Waals surface area contributed by atoms with Crippen molar-refractivity contribution in [2.24, 2.45) is 0 Å². The van der Waals surface area contributed by atoms with E-state index in [0.29, 0.717) is 10.8 Å². The first-order valence-electron chi connectivity index (χ1n) is 9.26. The van der Waals surface area contributed by atoms with Gasteiger partial charge in [-0.05, 0) is 30.2 Å². The van der Waals surface area contributed by atoms with Crippen LogP contribution in [0.1, 0.15) is 17.2 Å². The molecule has 1 saturated heterocycles. The molecule has 0 aromatic heterocycles. The van der Waals surface area contributed by atoms with Gasteiger partial charge in [0.2, 0.25) is 0 Å². The largest absolute Gasteiger partial charge is 0.482 e. The third-order valence-corrected chi connectivity index (χ3v) is 4.99. The predicted octanol–water partition coefficient (Wildman–Crippen LogP) is 1.80. The van der Waals surface area contributed by atoms with Crippen LogP contribution in [-0.2, 0) is 9.53 Å². The molecule has 2 N–H and O–H groups in total. The van der Waals surface area contributed by atoms with Crippen molar-refractivity contribution in [3.8, 4) is 5.75 Å². The summed E-state index contributed by atoms with van der Waals surface area (Å²) in [5.41, 5.74) is 2.13. The molecule has 3 rings (SSSR count). The number of halogens is 1. The highest BCUT2D eigenvalue weighted by Gasteiger charge is 2.23. The number of amides is 1. The fourth-order valence-electron chi connectivity index (χ4n) is 3.19. The van der Waals surface area contributed by atoms with Crippen molar-refractivity contribution in [2.45, 2.75) is 13.0 Å². The van der Waals surface area contributed by atoms with E-state index in [9.17, 15) is 4.79 Å². The van der Waals surface area contributed by atoms with Gasteiger partial charge >= 0.3 is 0 Å². The number of nitrogens with one attached hydrogen (secondary N) is 2. The molecule has 5 nitrogen and oxygen atoms in total. The van der Waals surface area contributed by atoms with Gasteiger partial charge in [-0.1, -0.05) is 48.0 Å². The van der Waals surface area contributed by atoms with Crippen molar-refractivity contribution in [3.63, 3.8) is 0 Å². The first-order chi connectivity index (χ1) is 13.1. The van der Waals surface area contributed by atoms with Gasteiger partial charge < -0.3 is 19.7 Å². The monoisotopic (exact) mass is 389 g/mol. The van der Waals surface area contributed by atoms with Crippen molar-refractivity contribution in [3.05, 3.63) is 64.7 Å². The Bertz CT molecular complexity index is 748. The predicted molar refractivity (Wildman–Crippen MR) is 105 cm³/mol. The SMILES string of the molecule is Cc1ccc(Cl)c(OCC(=O)N[C@@H](C[NH+]2CCOCC2)c2ccccc2)c1. The third-order valence-electron chi connectivity index (χ3n) is 4.68. The van der Waals surface area contributed by atoms with Gasteiger partial charge in [0.25, 0.3) is 5.91 Å². The normalized spacial score (nSPS) is 15.9.